The van der Waals surface area contributed by atoms with E-state index in [0.717, 1.165) is 59.4 Å². The number of hydrogen-bond donors (Lipinski definition) is 1. The summed E-state index contributed by atoms with van der Waals surface area (Å²) < 4.78 is 28.8. The Hall–Kier alpha value is -4.51. The second kappa shape index (κ2) is 21.3. The molecule has 0 aliphatic heterocycles. The molecule has 0 bridgehead atoms. The van der Waals surface area contributed by atoms with Crippen molar-refractivity contribution in [1.82, 2.24) is 15.2 Å². The molecule has 0 radical (unpaired) electrons. The van der Waals surface area contributed by atoms with E-state index in [1.165, 1.54) is 0 Å². The Labute approximate surface area is 347 Å². The van der Waals surface area contributed by atoms with Crippen LogP contribution in [0.15, 0.2) is 79.0 Å². The molecule has 1 aliphatic rings. The number of carbonyl (C=O) groups is 2. The van der Waals surface area contributed by atoms with Crippen molar-refractivity contribution in [1.29, 1.82) is 0 Å². The Morgan fingerprint density at radius 1 is 0.842 bits per heavy atom. The van der Waals surface area contributed by atoms with Gasteiger partial charge in [0.1, 0.15) is 30.3 Å². The summed E-state index contributed by atoms with van der Waals surface area (Å²) in [6, 6.07) is 23.5. The highest BCUT2D eigenvalue weighted by atomic mass is 35.5. The summed E-state index contributed by atoms with van der Waals surface area (Å²) in [5, 5.41) is 3.77. The average molecular weight is 821 g/mol. The number of nitrogens with one attached hydrogen (secondary N) is 1. The van der Waals surface area contributed by atoms with Crippen molar-refractivity contribution >= 4 is 35.2 Å². The van der Waals surface area contributed by atoms with E-state index < -0.39 is 17.6 Å². The number of aryl methyl sites for hydroxylation is 2. The van der Waals surface area contributed by atoms with Gasteiger partial charge < -0.3 is 33.9 Å². The number of rotatable bonds is 21. The van der Waals surface area contributed by atoms with Crippen molar-refractivity contribution in [2.24, 2.45) is 5.92 Å². The van der Waals surface area contributed by atoms with E-state index in [4.69, 9.17) is 46.9 Å². The van der Waals surface area contributed by atoms with Gasteiger partial charge in [-0.25, -0.2) is 4.79 Å². The van der Waals surface area contributed by atoms with Gasteiger partial charge in [-0.3, -0.25) is 9.78 Å². The van der Waals surface area contributed by atoms with Crippen molar-refractivity contribution in [2.45, 2.75) is 84.4 Å². The first-order valence-electron chi connectivity index (χ1n) is 19.6. The van der Waals surface area contributed by atoms with Crippen LogP contribution in [0.25, 0.3) is 0 Å². The molecule has 57 heavy (non-hydrogen) atoms. The Bertz CT molecular complexity index is 1880. The quantitative estimate of drug-likeness (QED) is 0.0830. The van der Waals surface area contributed by atoms with Crippen LogP contribution in [0.3, 0.4) is 0 Å². The van der Waals surface area contributed by atoms with Gasteiger partial charge in [0.25, 0.3) is 0 Å². The molecule has 5 rings (SSSR count). The van der Waals surface area contributed by atoms with Gasteiger partial charge in [-0.1, -0.05) is 47.5 Å². The molecule has 1 N–H and O–H groups in total. The standard InChI is InChI=1S/C45H55Cl2N3O7/c1-31-23-40(46)42(41(47)24-31)56-22-21-55-38-15-11-32(12-16-38)26-35(29-49-44(52)57-45(2,3)4)43(51)50(37-13-14-37)30-34-25-33(9-8-19-53-5)27-39(28-34)54-20-17-36-10-6-7-18-48-36/h6-7,10-12,15-16,18,23-25,27-28,35,37H,8-9,13-14,17,19-22,26,29-30H2,1-5H3,(H,49,52). The number of hydrogen-bond acceptors (Lipinski definition) is 8. The average Bonchev–Trinajstić information content (AvgIpc) is 4.01. The molecule has 10 nitrogen and oxygen atoms in total. The Morgan fingerprint density at radius 3 is 2.21 bits per heavy atom. The Balaban J connectivity index is 1.27. The lowest BCUT2D eigenvalue weighted by Crippen LogP contribution is -2.44. The zero-order valence-electron chi connectivity index (χ0n) is 33.7. The van der Waals surface area contributed by atoms with Gasteiger partial charge in [0.15, 0.2) is 5.75 Å². The molecule has 1 saturated carbocycles. The van der Waals surface area contributed by atoms with Crippen LogP contribution in [0.1, 0.15) is 68.0 Å². The molecule has 1 fully saturated rings. The van der Waals surface area contributed by atoms with Crippen LogP contribution in [0.5, 0.6) is 17.2 Å². The van der Waals surface area contributed by atoms with Crippen molar-refractivity contribution in [2.75, 3.05) is 40.1 Å². The van der Waals surface area contributed by atoms with Crippen molar-refractivity contribution in [3.05, 3.63) is 117 Å². The van der Waals surface area contributed by atoms with Gasteiger partial charge in [0.2, 0.25) is 5.91 Å². The number of carbonyl (C=O) groups excluding carboxylic acids is 2. The molecular weight excluding hydrogens is 765 g/mol. The summed E-state index contributed by atoms with van der Waals surface area (Å²) in [7, 11) is 1.70. The third-order valence-electron chi connectivity index (χ3n) is 9.20. The summed E-state index contributed by atoms with van der Waals surface area (Å²) in [6.07, 6.45) is 5.86. The fourth-order valence-electron chi connectivity index (χ4n) is 6.39. The number of halogens is 2. The number of pyridine rings is 1. The molecule has 3 aromatic carbocycles. The van der Waals surface area contributed by atoms with Gasteiger partial charge in [-0.2, -0.15) is 0 Å². The first-order chi connectivity index (χ1) is 27.4. The lowest BCUT2D eigenvalue weighted by Gasteiger charge is -2.29. The fraction of sp³-hybridized carbons (Fsp3) is 0.444. The lowest BCUT2D eigenvalue weighted by molar-refractivity contribution is -0.136. The summed E-state index contributed by atoms with van der Waals surface area (Å²) in [6.45, 7) is 9.56. The van der Waals surface area contributed by atoms with Gasteiger partial charge >= 0.3 is 6.09 Å². The van der Waals surface area contributed by atoms with Crippen LogP contribution in [0, 0.1) is 12.8 Å². The highest BCUT2D eigenvalue weighted by Gasteiger charge is 2.36. The number of benzene rings is 3. The minimum Gasteiger partial charge on any atom is -0.493 e. The number of amides is 2. The second-order valence-electron chi connectivity index (χ2n) is 15.4. The molecule has 1 unspecified atom stereocenters. The van der Waals surface area contributed by atoms with Crippen LogP contribution in [-0.2, 0) is 40.1 Å². The molecule has 0 saturated heterocycles. The highest BCUT2D eigenvalue weighted by Crippen LogP contribution is 2.34. The molecule has 1 atom stereocenters. The van der Waals surface area contributed by atoms with Crippen LogP contribution >= 0.6 is 23.2 Å². The number of methoxy groups -OCH3 is 1. The van der Waals surface area contributed by atoms with E-state index in [1.54, 1.807) is 25.4 Å². The molecule has 306 valence electrons. The third-order valence-corrected chi connectivity index (χ3v) is 9.77. The van der Waals surface area contributed by atoms with Gasteiger partial charge in [-0.05, 0) is 131 Å². The Kier molecular flexibility index (Phi) is 16.3. The first kappa shape index (κ1) is 43.6. The van der Waals surface area contributed by atoms with Crippen molar-refractivity contribution in [3.8, 4) is 17.2 Å². The third kappa shape index (κ3) is 14.7. The largest absolute Gasteiger partial charge is 0.493 e. The zero-order valence-corrected chi connectivity index (χ0v) is 35.2. The highest BCUT2D eigenvalue weighted by molar-refractivity contribution is 6.37. The maximum absolute atomic E-state index is 14.6. The fourth-order valence-corrected chi connectivity index (χ4v) is 7.10. The molecule has 12 heteroatoms. The van der Waals surface area contributed by atoms with Crippen LogP contribution in [-0.4, -0.2) is 73.6 Å². The summed E-state index contributed by atoms with van der Waals surface area (Å²) in [4.78, 5) is 33.8. The molecule has 1 heterocycles. The summed E-state index contributed by atoms with van der Waals surface area (Å²) in [5.41, 5.74) is 4.29. The van der Waals surface area contributed by atoms with Crippen LogP contribution in [0.4, 0.5) is 4.79 Å². The SMILES string of the molecule is COCCCc1cc(CN(C(=O)C(CNC(=O)OC(C)(C)C)Cc2ccc(OCCOc3c(Cl)cc(C)cc3Cl)cc2)C2CC2)cc(OCCc2ccccn2)c1. The minimum atomic E-state index is -0.672. The van der Waals surface area contributed by atoms with E-state index in [1.807, 2.05) is 81.1 Å². The molecule has 0 spiro atoms. The van der Waals surface area contributed by atoms with E-state index in [-0.39, 0.29) is 31.7 Å². The van der Waals surface area contributed by atoms with E-state index in [9.17, 15) is 9.59 Å². The smallest absolute Gasteiger partial charge is 0.407 e. The number of nitrogens with zero attached hydrogens (tertiary/aromatic N) is 2. The minimum absolute atomic E-state index is 0.0260. The topological polar surface area (TPSA) is 108 Å². The normalized spacial score (nSPS) is 13.1. The zero-order chi connectivity index (χ0) is 40.8. The first-order valence-corrected chi connectivity index (χ1v) is 20.3. The summed E-state index contributed by atoms with van der Waals surface area (Å²) in [5.74, 6) is 1.28. The molecular formula is C45H55Cl2N3O7. The predicted octanol–water partition coefficient (Wildman–Crippen LogP) is 9.23. The monoisotopic (exact) mass is 819 g/mol. The molecule has 2 amide bonds. The van der Waals surface area contributed by atoms with Crippen molar-refractivity contribution < 1.29 is 33.3 Å². The predicted molar refractivity (Wildman–Crippen MR) is 224 cm³/mol. The maximum atomic E-state index is 14.6. The van der Waals surface area contributed by atoms with Gasteiger partial charge in [0, 0.05) is 51.2 Å². The second-order valence-corrected chi connectivity index (χ2v) is 16.2. The van der Waals surface area contributed by atoms with E-state index in [2.05, 4.69) is 22.4 Å². The maximum Gasteiger partial charge on any atom is 0.407 e. The van der Waals surface area contributed by atoms with E-state index in [0.29, 0.717) is 54.1 Å². The summed E-state index contributed by atoms with van der Waals surface area (Å²) >= 11 is 12.6. The molecule has 1 aliphatic carbocycles. The van der Waals surface area contributed by atoms with Gasteiger partial charge in [-0.15, -0.1) is 0 Å². The molecule has 4 aromatic rings. The molecule has 1 aromatic heterocycles. The van der Waals surface area contributed by atoms with Crippen LogP contribution < -0.4 is 19.5 Å². The Morgan fingerprint density at radius 2 is 1.54 bits per heavy atom. The lowest BCUT2D eigenvalue weighted by atomic mass is 9.97. The van der Waals surface area contributed by atoms with Crippen molar-refractivity contribution in [3.63, 3.8) is 0 Å². The van der Waals surface area contributed by atoms with Gasteiger partial charge in [0.05, 0.1) is 22.6 Å². The van der Waals surface area contributed by atoms with E-state index >= 15 is 0 Å². The number of alkyl carbamates (subject to hydrolysis) is 1. The number of ether oxygens (including phenoxy) is 5. The number of aromatic nitrogens is 1. The van der Waals surface area contributed by atoms with Crippen LogP contribution in [0.2, 0.25) is 10.0 Å².